The smallest absolute Gasteiger partial charge is 0.243 e. The van der Waals surface area contributed by atoms with E-state index in [0.29, 0.717) is 18.0 Å². The third-order valence-electron chi connectivity index (χ3n) is 4.33. The van der Waals surface area contributed by atoms with Crippen molar-refractivity contribution < 1.29 is 13.3 Å². The lowest BCUT2D eigenvalue weighted by atomic mass is 10.2. The Morgan fingerprint density at radius 2 is 1.50 bits per heavy atom. The lowest BCUT2D eigenvalue weighted by molar-refractivity contribution is -0.897. The zero-order valence-electron chi connectivity index (χ0n) is 13.6. The molecule has 1 fully saturated rings. The molecule has 126 valence electrons. The molecule has 0 aliphatic carbocycles. The van der Waals surface area contributed by atoms with Gasteiger partial charge in [-0.15, -0.1) is 0 Å². The van der Waals surface area contributed by atoms with E-state index in [-0.39, 0.29) is 0 Å². The minimum absolute atomic E-state index is 0.387. The molecular weight excluding hydrogens is 320 g/mol. The van der Waals surface area contributed by atoms with Crippen LogP contribution in [0.25, 0.3) is 6.08 Å². The molecule has 0 unspecified atom stereocenters. The zero-order valence-corrected chi connectivity index (χ0v) is 14.5. The molecule has 0 bridgehead atoms. The molecule has 5 heteroatoms. The Labute approximate surface area is 144 Å². The molecule has 24 heavy (non-hydrogen) atoms. The van der Waals surface area contributed by atoms with Gasteiger partial charge in [0.15, 0.2) is 0 Å². The van der Waals surface area contributed by atoms with Crippen molar-refractivity contribution in [2.75, 3.05) is 32.7 Å². The largest absolute Gasteiger partial charge is 0.329 e. The highest BCUT2D eigenvalue weighted by atomic mass is 32.2. The number of quaternary nitrogens is 1. The molecule has 1 aliphatic rings. The topological polar surface area (TPSA) is 41.8 Å². The second-order valence-electron chi connectivity index (χ2n) is 5.98. The van der Waals surface area contributed by atoms with E-state index < -0.39 is 10.0 Å². The summed E-state index contributed by atoms with van der Waals surface area (Å²) in [5.41, 5.74) is 1.20. The average Bonchev–Trinajstić information content (AvgIpc) is 2.64. The first-order chi connectivity index (χ1) is 11.7. The van der Waals surface area contributed by atoms with Gasteiger partial charge in [-0.1, -0.05) is 54.6 Å². The van der Waals surface area contributed by atoms with Gasteiger partial charge in [-0.05, 0) is 23.8 Å². The molecule has 0 spiro atoms. The predicted octanol–water partition coefficient (Wildman–Crippen LogP) is 1.29. The Kier molecular flexibility index (Phi) is 5.45. The predicted molar refractivity (Wildman–Crippen MR) is 96.2 cm³/mol. The number of piperazine rings is 1. The van der Waals surface area contributed by atoms with E-state index in [1.807, 2.05) is 24.3 Å². The zero-order chi connectivity index (χ0) is 16.8. The number of nitrogens with one attached hydrogen (secondary N) is 1. The Bertz CT molecular complexity index is 766. The third kappa shape index (κ3) is 4.12. The summed E-state index contributed by atoms with van der Waals surface area (Å²) in [7, 11) is -3.35. The number of nitrogens with zero attached hydrogens (tertiary/aromatic N) is 1. The van der Waals surface area contributed by atoms with Crippen LogP contribution in [-0.2, 0) is 10.0 Å². The second kappa shape index (κ2) is 7.75. The third-order valence-corrected chi connectivity index (χ3v) is 6.24. The Hall–Kier alpha value is -1.95. The highest BCUT2D eigenvalue weighted by Gasteiger charge is 2.29. The molecule has 3 rings (SSSR count). The Morgan fingerprint density at radius 1 is 0.917 bits per heavy atom. The van der Waals surface area contributed by atoms with Gasteiger partial charge in [-0.3, -0.25) is 0 Å². The molecular formula is C19H23N2O2S+. The summed E-state index contributed by atoms with van der Waals surface area (Å²) in [5, 5.41) is 0. The standard InChI is InChI=1S/C19H22N2O2S/c22-24(23,19-11-5-2-6-12-19)21-16-14-20(15-17-21)13-7-10-18-8-3-1-4-9-18/h1-12H,13-17H2/p+1. The van der Waals surface area contributed by atoms with Crippen molar-refractivity contribution >= 4 is 16.1 Å². The minimum atomic E-state index is -3.35. The first-order valence-electron chi connectivity index (χ1n) is 8.26. The molecule has 1 saturated heterocycles. The van der Waals surface area contributed by atoms with E-state index in [9.17, 15) is 8.42 Å². The van der Waals surface area contributed by atoms with Crippen LogP contribution in [0.2, 0.25) is 0 Å². The van der Waals surface area contributed by atoms with Crippen LogP contribution < -0.4 is 4.90 Å². The van der Waals surface area contributed by atoms with Gasteiger partial charge in [-0.2, -0.15) is 4.31 Å². The maximum absolute atomic E-state index is 12.6. The number of hydrogen-bond acceptors (Lipinski definition) is 2. The van der Waals surface area contributed by atoms with Crippen LogP contribution >= 0.6 is 0 Å². The monoisotopic (exact) mass is 343 g/mol. The van der Waals surface area contributed by atoms with E-state index in [1.165, 1.54) is 10.5 Å². The van der Waals surface area contributed by atoms with Crippen LogP contribution in [0.5, 0.6) is 0 Å². The van der Waals surface area contributed by atoms with Crippen molar-refractivity contribution in [3.63, 3.8) is 0 Å². The maximum Gasteiger partial charge on any atom is 0.243 e. The molecule has 1 heterocycles. The highest BCUT2D eigenvalue weighted by molar-refractivity contribution is 7.89. The Balaban J connectivity index is 1.53. The number of rotatable bonds is 5. The van der Waals surface area contributed by atoms with E-state index in [2.05, 4.69) is 24.3 Å². The SMILES string of the molecule is O=S(=O)(c1ccccc1)N1CC[NH+](CC=Cc2ccccc2)CC1. The van der Waals surface area contributed by atoms with Crippen LogP contribution in [0.3, 0.4) is 0 Å². The van der Waals surface area contributed by atoms with Crippen molar-refractivity contribution in [2.45, 2.75) is 4.90 Å². The lowest BCUT2D eigenvalue weighted by Gasteiger charge is -2.31. The van der Waals surface area contributed by atoms with Gasteiger partial charge in [0.1, 0.15) is 0 Å². The van der Waals surface area contributed by atoms with Crippen LogP contribution in [0.4, 0.5) is 0 Å². The summed E-state index contributed by atoms with van der Waals surface area (Å²) in [5.74, 6) is 0. The fourth-order valence-corrected chi connectivity index (χ4v) is 4.38. The van der Waals surface area contributed by atoms with Crippen molar-refractivity contribution in [2.24, 2.45) is 0 Å². The van der Waals surface area contributed by atoms with Crippen LogP contribution in [0, 0.1) is 0 Å². The quantitative estimate of drug-likeness (QED) is 0.889. The molecule has 0 atom stereocenters. The normalized spacial score (nSPS) is 17.3. The number of hydrogen-bond donors (Lipinski definition) is 1. The summed E-state index contributed by atoms with van der Waals surface area (Å²) in [6, 6.07) is 18.9. The van der Waals surface area contributed by atoms with E-state index in [1.54, 1.807) is 28.6 Å². The summed E-state index contributed by atoms with van der Waals surface area (Å²) in [6.07, 6.45) is 4.30. The van der Waals surface area contributed by atoms with Crippen LogP contribution in [-0.4, -0.2) is 45.4 Å². The highest BCUT2D eigenvalue weighted by Crippen LogP contribution is 2.14. The van der Waals surface area contributed by atoms with Gasteiger partial charge in [-0.25, -0.2) is 8.42 Å². The molecule has 2 aromatic carbocycles. The molecule has 0 amide bonds. The second-order valence-corrected chi connectivity index (χ2v) is 7.92. The Morgan fingerprint density at radius 3 is 2.12 bits per heavy atom. The average molecular weight is 343 g/mol. The molecule has 1 N–H and O–H groups in total. The molecule has 1 aliphatic heterocycles. The number of benzene rings is 2. The fourth-order valence-electron chi connectivity index (χ4n) is 2.91. The first-order valence-corrected chi connectivity index (χ1v) is 9.70. The summed E-state index contributed by atoms with van der Waals surface area (Å²) in [6.45, 7) is 3.75. The summed E-state index contributed by atoms with van der Waals surface area (Å²) in [4.78, 5) is 1.80. The van der Waals surface area contributed by atoms with Crippen molar-refractivity contribution in [3.8, 4) is 0 Å². The molecule has 0 saturated carbocycles. The summed E-state index contributed by atoms with van der Waals surface area (Å²) >= 11 is 0. The minimum Gasteiger partial charge on any atom is -0.329 e. The van der Waals surface area contributed by atoms with Crippen molar-refractivity contribution in [1.82, 2.24) is 4.31 Å². The molecule has 0 aromatic heterocycles. The lowest BCUT2D eigenvalue weighted by Crippen LogP contribution is -3.14. The van der Waals surface area contributed by atoms with E-state index in [0.717, 1.165) is 19.6 Å². The van der Waals surface area contributed by atoms with E-state index in [4.69, 9.17) is 0 Å². The van der Waals surface area contributed by atoms with E-state index >= 15 is 0 Å². The molecule has 2 aromatic rings. The maximum atomic E-state index is 12.6. The number of sulfonamides is 1. The summed E-state index contributed by atoms with van der Waals surface area (Å²) < 4.78 is 26.8. The first kappa shape index (κ1) is 16.9. The van der Waals surface area contributed by atoms with Gasteiger partial charge in [0.25, 0.3) is 0 Å². The molecule has 4 nitrogen and oxygen atoms in total. The fraction of sp³-hybridized carbons (Fsp3) is 0.263. The van der Waals surface area contributed by atoms with Gasteiger partial charge in [0.2, 0.25) is 10.0 Å². The van der Waals surface area contributed by atoms with Gasteiger partial charge in [0, 0.05) is 0 Å². The van der Waals surface area contributed by atoms with Gasteiger partial charge < -0.3 is 4.90 Å². The van der Waals surface area contributed by atoms with Crippen molar-refractivity contribution in [3.05, 3.63) is 72.3 Å². The van der Waals surface area contributed by atoms with Crippen molar-refractivity contribution in [1.29, 1.82) is 0 Å². The van der Waals surface area contributed by atoms with Gasteiger partial charge in [0.05, 0.1) is 37.6 Å². The van der Waals surface area contributed by atoms with Crippen LogP contribution in [0.1, 0.15) is 5.56 Å². The van der Waals surface area contributed by atoms with Gasteiger partial charge >= 0.3 is 0 Å². The van der Waals surface area contributed by atoms with Crippen LogP contribution in [0.15, 0.2) is 71.6 Å². The molecule has 0 radical (unpaired) electrons.